The lowest BCUT2D eigenvalue weighted by Crippen LogP contribution is -2.17. The normalized spacial score (nSPS) is 11.4. The first-order valence-electron chi connectivity index (χ1n) is 10.2. The maximum Gasteiger partial charge on any atom is 0.573 e. The number of thiophene rings is 1. The van der Waals surface area contributed by atoms with Gasteiger partial charge >= 0.3 is 6.36 Å². The average molecular weight is 488 g/mol. The first-order chi connectivity index (χ1) is 16.2. The van der Waals surface area contributed by atoms with Crippen molar-refractivity contribution in [1.82, 2.24) is 15.0 Å². The van der Waals surface area contributed by atoms with E-state index in [1.807, 2.05) is 29.0 Å². The molecule has 0 radical (unpaired) electrons. The fourth-order valence-electron chi connectivity index (χ4n) is 3.24. The Balaban J connectivity index is 1.30. The van der Waals surface area contributed by atoms with Crippen molar-refractivity contribution in [3.63, 3.8) is 0 Å². The van der Waals surface area contributed by atoms with Gasteiger partial charge in [-0.2, -0.15) is 11.3 Å². The minimum absolute atomic E-state index is 0.185. The number of amides is 1. The van der Waals surface area contributed by atoms with Crippen molar-refractivity contribution < 1.29 is 22.7 Å². The second-order valence-corrected chi connectivity index (χ2v) is 8.24. The molecular formula is C23H20F3N5O2S. The minimum atomic E-state index is -4.73. The van der Waals surface area contributed by atoms with Crippen LogP contribution in [0.25, 0.3) is 11.1 Å². The van der Waals surface area contributed by atoms with Crippen LogP contribution in [-0.2, 0) is 17.8 Å². The molecule has 2 heterocycles. The van der Waals surface area contributed by atoms with Crippen LogP contribution in [0, 0.1) is 0 Å². The summed E-state index contributed by atoms with van der Waals surface area (Å²) in [5, 5.41) is 14.9. The Kier molecular flexibility index (Phi) is 6.82. The Labute approximate surface area is 197 Å². The van der Waals surface area contributed by atoms with Gasteiger partial charge in [0.15, 0.2) is 0 Å². The van der Waals surface area contributed by atoms with Crippen molar-refractivity contribution >= 4 is 28.6 Å². The first kappa shape index (κ1) is 23.3. The van der Waals surface area contributed by atoms with Gasteiger partial charge in [-0.15, -0.1) is 18.3 Å². The predicted octanol–water partition coefficient (Wildman–Crippen LogP) is 5.11. The monoisotopic (exact) mass is 487 g/mol. The largest absolute Gasteiger partial charge is 0.573 e. The Hall–Kier alpha value is -3.86. The van der Waals surface area contributed by atoms with Crippen molar-refractivity contribution in [3.05, 3.63) is 76.7 Å². The van der Waals surface area contributed by atoms with Crippen LogP contribution in [0.1, 0.15) is 17.7 Å². The van der Waals surface area contributed by atoms with E-state index in [0.717, 1.165) is 16.7 Å². The highest BCUT2D eigenvalue weighted by Crippen LogP contribution is 2.29. The molecule has 0 fully saturated rings. The van der Waals surface area contributed by atoms with Crippen molar-refractivity contribution in [3.8, 4) is 16.9 Å². The Morgan fingerprint density at radius 2 is 1.91 bits per heavy atom. The molecule has 0 unspecified atom stereocenters. The summed E-state index contributed by atoms with van der Waals surface area (Å²) in [6.07, 6.45) is -2.48. The predicted molar refractivity (Wildman–Crippen MR) is 123 cm³/mol. The highest BCUT2D eigenvalue weighted by atomic mass is 32.1. The molecule has 2 aromatic carbocycles. The van der Waals surface area contributed by atoms with Gasteiger partial charge in [-0.05, 0) is 57.8 Å². The summed E-state index contributed by atoms with van der Waals surface area (Å²) in [6, 6.07) is 13.0. The third kappa shape index (κ3) is 6.35. The van der Waals surface area contributed by atoms with Gasteiger partial charge in [-0.25, -0.2) is 4.68 Å². The number of ether oxygens (including phenoxy) is 1. The van der Waals surface area contributed by atoms with E-state index in [-0.39, 0.29) is 18.1 Å². The number of aryl methyl sites for hydroxylation is 1. The molecule has 0 saturated carbocycles. The van der Waals surface area contributed by atoms with Crippen molar-refractivity contribution in [2.24, 2.45) is 0 Å². The van der Waals surface area contributed by atoms with Crippen LogP contribution in [0.5, 0.6) is 5.75 Å². The zero-order valence-corrected chi connectivity index (χ0v) is 18.6. The number of nitrogen functional groups attached to an aromatic ring is 1. The summed E-state index contributed by atoms with van der Waals surface area (Å²) in [5.41, 5.74) is 10.4. The fraction of sp³-hybridized carbons (Fsp3) is 0.174. The van der Waals surface area contributed by atoms with E-state index in [9.17, 15) is 18.0 Å². The molecule has 2 aromatic heterocycles. The second kappa shape index (κ2) is 9.96. The lowest BCUT2D eigenvalue weighted by Gasteiger charge is -2.10. The Morgan fingerprint density at radius 3 is 2.62 bits per heavy atom. The molecule has 4 aromatic rings. The number of hydrogen-bond donors (Lipinski definition) is 2. The van der Waals surface area contributed by atoms with Gasteiger partial charge in [0.05, 0.1) is 23.6 Å². The van der Waals surface area contributed by atoms with Crippen LogP contribution >= 0.6 is 11.3 Å². The van der Waals surface area contributed by atoms with E-state index >= 15 is 0 Å². The van der Waals surface area contributed by atoms with Crippen molar-refractivity contribution in [2.45, 2.75) is 25.7 Å². The fourth-order valence-corrected chi connectivity index (χ4v) is 3.91. The molecular weight excluding hydrogens is 467 g/mol. The summed E-state index contributed by atoms with van der Waals surface area (Å²) in [4.78, 5) is 12.5. The maximum atomic E-state index is 12.5. The number of aromatic nitrogens is 3. The summed E-state index contributed by atoms with van der Waals surface area (Å²) in [5.74, 6) is -0.494. The van der Waals surface area contributed by atoms with Crippen LogP contribution in [0.15, 0.2) is 65.5 Å². The molecule has 0 saturated heterocycles. The van der Waals surface area contributed by atoms with Crippen LogP contribution in [0.2, 0.25) is 0 Å². The minimum Gasteiger partial charge on any atom is -0.406 e. The SMILES string of the molecule is Nc1ccc(-c2ccsc2)cc1NC(=O)CCc1cn(Cc2ccc(OC(F)(F)F)cc2)nn1. The standard InChI is InChI=1S/C23H20F3N5O2S/c24-23(25,26)33-19-5-1-15(2-6-19)12-31-13-18(29-30-31)4-8-22(32)28-21-11-16(3-7-20(21)27)17-9-10-34-14-17/h1-3,5-7,9-11,13-14H,4,8,12,27H2,(H,28,32). The zero-order valence-electron chi connectivity index (χ0n) is 17.7. The lowest BCUT2D eigenvalue weighted by molar-refractivity contribution is -0.274. The van der Waals surface area contributed by atoms with Crippen molar-refractivity contribution in [2.75, 3.05) is 11.1 Å². The second-order valence-electron chi connectivity index (χ2n) is 7.46. The topological polar surface area (TPSA) is 95.1 Å². The molecule has 4 rings (SSSR count). The van der Waals surface area contributed by atoms with Gasteiger partial charge in [-0.3, -0.25) is 4.79 Å². The van der Waals surface area contributed by atoms with Gasteiger partial charge in [0.2, 0.25) is 5.91 Å². The molecule has 3 N–H and O–H groups in total. The Morgan fingerprint density at radius 1 is 1.12 bits per heavy atom. The highest BCUT2D eigenvalue weighted by molar-refractivity contribution is 7.08. The van der Waals surface area contributed by atoms with Gasteiger partial charge in [0.25, 0.3) is 0 Å². The van der Waals surface area contributed by atoms with Crippen LogP contribution in [0.3, 0.4) is 0 Å². The summed E-state index contributed by atoms with van der Waals surface area (Å²) >= 11 is 1.59. The van der Waals surface area contributed by atoms with E-state index in [1.54, 1.807) is 28.3 Å². The third-order valence-corrected chi connectivity index (χ3v) is 5.56. The number of nitrogens with zero attached hydrogens (tertiary/aromatic N) is 3. The third-order valence-electron chi connectivity index (χ3n) is 4.88. The van der Waals surface area contributed by atoms with E-state index in [1.165, 1.54) is 24.3 Å². The molecule has 0 aliphatic heterocycles. The van der Waals surface area contributed by atoms with Crippen LogP contribution in [-0.4, -0.2) is 27.3 Å². The number of carbonyl (C=O) groups excluding carboxylic acids is 1. The summed E-state index contributed by atoms with van der Waals surface area (Å²) in [7, 11) is 0. The lowest BCUT2D eigenvalue weighted by atomic mass is 10.1. The summed E-state index contributed by atoms with van der Waals surface area (Å²) in [6.45, 7) is 0.317. The highest BCUT2D eigenvalue weighted by Gasteiger charge is 2.30. The summed E-state index contributed by atoms with van der Waals surface area (Å²) < 4.78 is 42.2. The molecule has 1 amide bonds. The van der Waals surface area contributed by atoms with Crippen LogP contribution in [0.4, 0.5) is 24.5 Å². The van der Waals surface area contributed by atoms with Gasteiger partial charge in [-0.1, -0.05) is 23.4 Å². The smallest absolute Gasteiger partial charge is 0.406 e. The average Bonchev–Trinajstić information content (AvgIpc) is 3.47. The number of rotatable bonds is 8. The number of halogens is 3. The van der Waals surface area contributed by atoms with Gasteiger partial charge < -0.3 is 15.8 Å². The molecule has 0 aliphatic rings. The number of anilines is 2. The van der Waals surface area contributed by atoms with Crippen LogP contribution < -0.4 is 15.8 Å². The van der Waals surface area contributed by atoms with Crippen molar-refractivity contribution in [1.29, 1.82) is 0 Å². The number of carbonyl (C=O) groups is 1. The quantitative estimate of drug-likeness (QED) is 0.337. The number of nitrogens with one attached hydrogen (secondary N) is 1. The molecule has 0 spiro atoms. The molecule has 176 valence electrons. The molecule has 0 aliphatic carbocycles. The van der Waals surface area contributed by atoms with E-state index in [2.05, 4.69) is 20.4 Å². The number of alkyl halides is 3. The van der Waals surface area contributed by atoms with E-state index in [4.69, 9.17) is 5.73 Å². The zero-order chi connectivity index (χ0) is 24.1. The molecule has 7 nitrogen and oxygen atoms in total. The first-order valence-corrected chi connectivity index (χ1v) is 11.1. The van der Waals surface area contributed by atoms with E-state index < -0.39 is 6.36 Å². The van der Waals surface area contributed by atoms with Gasteiger partial charge in [0.1, 0.15) is 5.75 Å². The number of hydrogen-bond acceptors (Lipinski definition) is 6. The maximum absolute atomic E-state index is 12.5. The Bertz CT molecular complexity index is 1250. The molecule has 0 atom stereocenters. The van der Waals surface area contributed by atoms with E-state index in [0.29, 0.717) is 30.0 Å². The number of nitrogens with two attached hydrogens (primary N) is 1. The number of benzene rings is 2. The molecule has 0 bridgehead atoms. The molecule has 34 heavy (non-hydrogen) atoms. The van der Waals surface area contributed by atoms with Gasteiger partial charge in [0, 0.05) is 19.0 Å². The molecule has 11 heteroatoms.